The van der Waals surface area contributed by atoms with Gasteiger partial charge in [-0.25, -0.2) is 0 Å². The summed E-state index contributed by atoms with van der Waals surface area (Å²) in [5, 5.41) is 9.99. The zero-order valence-corrected chi connectivity index (χ0v) is 12.3. The molecule has 0 unspecified atom stereocenters. The van der Waals surface area contributed by atoms with Crippen molar-refractivity contribution < 1.29 is 19.4 Å². The van der Waals surface area contributed by atoms with Crippen LogP contribution in [-0.4, -0.2) is 24.0 Å². The summed E-state index contributed by atoms with van der Waals surface area (Å²) >= 11 is 5.82. The monoisotopic (exact) mass is 320 g/mol. The maximum absolute atomic E-state index is 12.0. The van der Waals surface area contributed by atoms with Crippen molar-refractivity contribution in [1.29, 1.82) is 0 Å². The minimum Gasteiger partial charge on any atom is -0.507 e. The lowest BCUT2D eigenvalue weighted by molar-refractivity contribution is 0.0843. The Kier molecular flexibility index (Phi) is 4.85. The summed E-state index contributed by atoms with van der Waals surface area (Å²) in [6.45, 7) is 0. The first-order valence-electron chi connectivity index (χ1n) is 6.25. The normalized spacial score (nSPS) is 9.91. The summed E-state index contributed by atoms with van der Waals surface area (Å²) in [6, 6.07) is 10.5. The van der Waals surface area contributed by atoms with Crippen LogP contribution in [0.2, 0.25) is 5.02 Å². The Hall–Kier alpha value is -2.73. The number of ether oxygens (including phenoxy) is 1. The molecule has 0 aliphatic heterocycles. The quantitative estimate of drug-likeness (QED) is 0.756. The molecule has 6 nitrogen and oxygen atoms in total. The molecule has 7 heteroatoms. The van der Waals surface area contributed by atoms with Crippen LogP contribution < -0.4 is 15.6 Å². The van der Waals surface area contributed by atoms with E-state index in [4.69, 9.17) is 16.3 Å². The maximum Gasteiger partial charge on any atom is 0.273 e. The Bertz CT molecular complexity index is 718. The van der Waals surface area contributed by atoms with Crippen molar-refractivity contribution in [2.75, 3.05) is 7.11 Å². The minimum absolute atomic E-state index is 0.0471. The fourth-order valence-electron chi connectivity index (χ4n) is 1.77. The van der Waals surface area contributed by atoms with E-state index in [1.54, 1.807) is 12.1 Å². The van der Waals surface area contributed by atoms with Crippen LogP contribution in [0.25, 0.3) is 0 Å². The lowest BCUT2D eigenvalue weighted by Crippen LogP contribution is -2.41. The van der Waals surface area contributed by atoms with E-state index in [2.05, 4.69) is 10.9 Å². The summed E-state index contributed by atoms with van der Waals surface area (Å²) in [7, 11) is 1.41. The van der Waals surface area contributed by atoms with Crippen molar-refractivity contribution in [1.82, 2.24) is 10.9 Å². The summed E-state index contributed by atoms with van der Waals surface area (Å²) in [5.41, 5.74) is 4.72. The van der Waals surface area contributed by atoms with E-state index in [0.29, 0.717) is 5.02 Å². The zero-order chi connectivity index (χ0) is 16.1. The summed E-state index contributed by atoms with van der Waals surface area (Å²) in [5.74, 6) is -1.11. The molecule has 2 aromatic carbocycles. The third-order valence-electron chi connectivity index (χ3n) is 2.85. The molecule has 0 saturated heterocycles. The predicted molar refractivity (Wildman–Crippen MR) is 81.0 cm³/mol. The molecule has 22 heavy (non-hydrogen) atoms. The van der Waals surface area contributed by atoms with Gasteiger partial charge in [0.05, 0.1) is 18.2 Å². The number of benzene rings is 2. The number of carbonyl (C=O) groups is 2. The molecular weight excluding hydrogens is 308 g/mol. The number of rotatable bonds is 3. The molecule has 0 heterocycles. The van der Waals surface area contributed by atoms with Crippen molar-refractivity contribution in [2.24, 2.45) is 0 Å². The van der Waals surface area contributed by atoms with Crippen LogP contribution in [0.15, 0.2) is 42.5 Å². The van der Waals surface area contributed by atoms with Gasteiger partial charge in [-0.05, 0) is 30.3 Å². The number of phenols is 1. The third kappa shape index (κ3) is 3.48. The number of methoxy groups -OCH3 is 1. The second kappa shape index (κ2) is 6.82. The number of hydrogen-bond acceptors (Lipinski definition) is 4. The molecular formula is C15H13ClN2O4. The molecule has 0 aliphatic carbocycles. The van der Waals surface area contributed by atoms with Gasteiger partial charge in [0.2, 0.25) is 0 Å². The highest BCUT2D eigenvalue weighted by Gasteiger charge is 2.15. The molecule has 0 atom stereocenters. The van der Waals surface area contributed by atoms with Gasteiger partial charge in [0.1, 0.15) is 11.5 Å². The summed E-state index contributed by atoms with van der Waals surface area (Å²) in [4.78, 5) is 23.9. The molecule has 0 radical (unpaired) electrons. The highest BCUT2D eigenvalue weighted by Crippen LogP contribution is 2.22. The molecule has 0 aliphatic rings. The number of phenolic OH excluding ortho intramolecular Hbond substituents is 1. The van der Waals surface area contributed by atoms with E-state index in [0.717, 1.165) is 0 Å². The Morgan fingerprint density at radius 3 is 2.32 bits per heavy atom. The van der Waals surface area contributed by atoms with Crippen molar-refractivity contribution in [3.63, 3.8) is 0 Å². The van der Waals surface area contributed by atoms with Crippen LogP contribution >= 0.6 is 11.6 Å². The van der Waals surface area contributed by atoms with E-state index >= 15 is 0 Å². The van der Waals surface area contributed by atoms with Gasteiger partial charge in [0.15, 0.2) is 0 Å². The lowest BCUT2D eigenvalue weighted by atomic mass is 10.2. The number of aromatic hydroxyl groups is 1. The van der Waals surface area contributed by atoms with Crippen LogP contribution in [0, 0.1) is 0 Å². The topological polar surface area (TPSA) is 87.7 Å². The molecule has 0 saturated carbocycles. The fraction of sp³-hybridized carbons (Fsp3) is 0.0667. The Labute approximate surface area is 131 Å². The van der Waals surface area contributed by atoms with Gasteiger partial charge in [-0.15, -0.1) is 0 Å². The first kappa shape index (κ1) is 15.7. The number of amides is 2. The highest BCUT2D eigenvalue weighted by atomic mass is 35.5. The number of hydrogen-bond donors (Lipinski definition) is 3. The summed E-state index contributed by atoms with van der Waals surface area (Å²) < 4.78 is 5.06. The minimum atomic E-state index is -0.639. The molecule has 3 N–H and O–H groups in total. The van der Waals surface area contributed by atoms with Crippen LogP contribution in [-0.2, 0) is 0 Å². The van der Waals surface area contributed by atoms with E-state index in [9.17, 15) is 14.7 Å². The van der Waals surface area contributed by atoms with Crippen molar-refractivity contribution in [3.05, 3.63) is 58.6 Å². The first-order valence-corrected chi connectivity index (χ1v) is 6.63. The Morgan fingerprint density at radius 2 is 1.68 bits per heavy atom. The average Bonchev–Trinajstić information content (AvgIpc) is 2.52. The second-order valence-corrected chi connectivity index (χ2v) is 4.71. The van der Waals surface area contributed by atoms with Gasteiger partial charge in [-0.2, -0.15) is 0 Å². The molecule has 114 valence electrons. The highest BCUT2D eigenvalue weighted by molar-refractivity contribution is 6.30. The fourth-order valence-corrected chi connectivity index (χ4v) is 1.93. The molecule has 0 aromatic heterocycles. The molecule has 0 spiro atoms. The zero-order valence-electron chi connectivity index (χ0n) is 11.6. The number of carbonyl (C=O) groups excluding carboxylic acids is 2. The second-order valence-electron chi connectivity index (χ2n) is 4.27. The van der Waals surface area contributed by atoms with Gasteiger partial charge in [-0.1, -0.05) is 23.7 Å². The number of hydrazine groups is 1. The first-order chi connectivity index (χ1) is 10.5. The Morgan fingerprint density at radius 1 is 1.05 bits per heavy atom. The lowest BCUT2D eigenvalue weighted by Gasteiger charge is -2.11. The average molecular weight is 321 g/mol. The van der Waals surface area contributed by atoms with Gasteiger partial charge in [-0.3, -0.25) is 20.4 Å². The molecule has 2 rings (SSSR count). The van der Waals surface area contributed by atoms with Crippen molar-refractivity contribution in [3.8, 4) is 11.5 Å². The van der Waals surface area contributed by atoms with E-state index in [1.807, 2.05) is 0 Å². The predicted octanol–water partition coefficient (Wildman–Crippen LogP) is 2.13. The summed E-state index contributed by atoms with van der Waals surface area (Å²) in [6.07, 6.45) is 0. The van der Waals surface area contributed by atoms with Crippen LogP contribution in [0.1, 0.15) is 20.7 Å². The van der Waals surface area contributed by atoms with E-state index < -0.39 is 11.8 Å². The number of para-hydroxylation sites is 1. The van der Waals surface area contributed by atoms with Crippen LogP contribution in [0.5, 0.6) is 11.5 Å². The maximum atomic E-state index is 12.0. The van der Waals surface area contributed by atoms with E-state index in [-0.39, 0.29) is 22.6 Å². The third-order valence-corrected chi connectivity index (χ3v) is 3.08. The number of halogens is 1. The molecule has 2 aromatic rings. The van der Waals surface area contributed by atoms with Crippen LogP contribution in [0.4, 0.5) is 0 Å². The van der Waals surface area contributed by atoms with Gasteiger partial charge in [0, 0.05) is 5.02 Å². The smallest absolute Gasteiger partial charge is 0.273 e. The standard InChI is InChI=1S/C15H13ClN2O4/c1-22-13-8-9(16)6-7-11(13)15(21)18-17-14(20)10-4-2-3-5-12(10)19/h2-8,19H,1H3,(H,17,20)(H,18,21). The van der Waals surface area contributed by atoms with Gasteiger partial charge in [0.25, 0.3) is 11.8 Å². The Balaban J connectivity index is 2.07. The number of nitrogens with one attached hydrogen (secondary N) is 2. The van der Waals surface area contributed by atoms with Gasteiger partial charge < -0.3 is 9.84 Å². The van der Waals surface area contributed by atoms with Crippen LogP contribution in [0.3, 0.4) is 0 Å². The molecule has 2 amide bonds. The SMILES string of the molecule is COc1cc(Cl)ccc1C(=O)NNC(=O)c1ccccc1O. The molecule has 0 bridgehead atoms. The molecule has 0 fully saturated rings. The largest absolute Gasteiger partial charge is 0.507 e. The van der Waals surface area contributed by atoms with Crippen molar-refractivity contribution in [2.45, 2.75) is 0 Å². The van der Waals surface area contributed by atoms with Gasteiger partial charge >= 0.3 is 0 Å². The van der Waals surface area contributed by atoms with Crippen molar-refractivity contribution >= 4 is 23.4 Å². The van der Waals surface area contributed by atoms with E-state index in [1.165, 1.54) is 37.4 Å².